The van der Waals surface area contributed by atoms with Crippen molar-refractivity contribution >= 4 is 0 Å². The first-order valence-electron chi connectivity index (χ1n) is 7.06. The molecular formula is C16H27NO. The first kappa shape index (κ1) is 15.2. The normalized spacial score (nSPS) is 13.0. The third-order valence-electron chi connectivity index (χ3n) is 3.49. The Hall–Kier alpha value is -0.860. The Balaban J connectivity index is 2.65. The lowest BCUT2D eigenvalue weighted by Gasteiger charge is -2.24. The fourth-order valence-corrected chi connectivity index (χ4v) is 2.30. The Morgan fingerprint density at radius 3 is 2.50 bits per heavy atom. The van der Waals surface area contributed by atoms with Crippen molar-refractivity contribution in [1.29, 1.82) is 0 Å². The summed E-state index contributed by atoms with van der Waals surface area (Å²) >= 11 is 0. The van der Waals surface area contributed by atoms with E-state index in [-0.39, 0.29) is 6.10 Å². The van der Waals surface area contributed by atoms with Gasteiger partial charge in [0.05, 0.1) is 6.10 Å². The maximum Gasteiger partial charge on any atom is 0.0919 e. The Labute approximate surface area is 112 Å². The lowest BCUT2D eigenvalue weighted by atomic mass is 10.0. The summed E-state index contributed by atoms with van der Waals surface area (Å²) < 4.78 is 0. The van der Waals surface area contributed by atoms with Crippen molar-refractivity contribution in [3.8, 4) is 0 Å². The molecule has 2 heteroatoms. The zero-order chi connectivity index (χ0) is 13.5. The topological polar surface area (TPSA) is 23.5 Å². The largest absolute Gasteiger partial charge is 0.387 e. The molecule has 2 nitrogen and oxygen atoms in total. The van der Waals surface area contributed by atoms with E-state index in [0.717, 1.165) is 25.2 Å². The Morgan fingerprint density at radius 2 is 1.94 bits per heavy atom. The number of hydrogen-bond acceptors (Lipinski definition) is 2. The molecule has 0 aromatic heterocycles. The van der Waals surface area contributed by atoms with Gasteiger partial charge in [0.2, 0.25) is 0 Å². The Morgan fingerprint density at radius 1 is 1.22 bits per heavy atom. The summed E-state index contributed by atoms with van der Waals surface area (Å²) in [4.78, 5) is 2.33. The Kier molecular flexibility index (Phi) is 6.37. The molecule has 1 atom stereocenters. The van der Waals surface area contributed by atoms with E-state index in [1.54, 1.807) is 0 Å². The third kappa shape index (κ3) is 4.43. The highest BCUT2D eigenvalue weighted by molar-refractivity contribution is 5.32. The van der Waals surface area contributed by atoms with Crippen LogP contribution in [0.25, 0.3) is 0 Å². The minimum Gasteiger partial charge on any atom is -0.387 e. The van der Waals surface area contributed by atoms with Gasteiger partial charge < -0.3 is 10.0 Å². The lowest BCUT2D eigenvalue weighted by molar-refractivity contribution is 0.114. The van der Waals surface area contributed by atoms with Crippen LogP contribution in [0.3, 0.4) is 0 Å². The minimum absolute atomic E-state index is 0.373. The van der Waals surface area contributed by atoms with Crippen LogP contribution in [0.4, 0.5) is 0 Å². The molecule has 0 radical (unpaired) electrons. The summed E-state index contributed by atoms with van der Waals surface area (Å²) in [6.07, 6.45) is 2.03. The Bertz CT molecular complexity index is 362. The van der Waals surface area contributed by atoms with Gasteiger partial charge in [-0.3, -0.25) is 0 Å². The van der Waals surface area contributed by atoms with E-state index in [9.17, 15) is 5.11 Å². The number of aryl methyl sites for hydroxylation is 2. The van der Waals surface area contributed by atoms with Crippen molar-refractivity contribution in [3.05, 3.63) is 34.9 Å². The van der Waals surface area contributed by atoms with Crippen LogP contribution in [0.1, 0.15) is 49.5 Å². The van der Waals surface area contributed by atoms with Gasteiger partial charge >= 0.3 is 0 Å². The average molecular weight is 249 g/mol. The van der Waals surface area contributed by atoms with Crippen LogP contribution >= 0.6 is 0 Å². The number of likely N-dealkylation sites (N-methyl/N-ethyl adjacent to an activating group) is 1. The number of unbranched alkanes of at least 4 members (excludes halogenated alkanes) is 1. The number of rotatable bonds is 7. The molecule has 1 unspecified atom stereocenters. The summed E-state index contributed by atoms with van der Waals surface area (Å²) in [5.41, 5.74) is 3.51. The van der Waals surface area contributed by atoms with E-state index in [1.807, 2.05) is 0 Å². The zero-order valence-electron chi connectivity index (χ0n) is 12.2. The van der Waals surface area contributed by atoms with Crippen molar-refractivity contribution in [3.63, 3.8) is 0 Å². The molecule has 0 saturated heterocycles. The molecular weight excluding hydrogens is 222 g/mol. The van der Waals surface area contributed by atoms with Crippen LogP contribution in [0, 0.1) is 13.8 Å². The van der Waals surface area contributed by atoms with Gasteiger partial charge in [-0.05, 0) is 44.5 Å². The molecule has 0 spiro atoms. The number of hydrogen-bond donors (Lipinski definition) is 1. The monoisotopic (exact) mass is 249 g/mol. The standard InChI is InChI=1S/C16H27NO/c1-5-7-10-17(6-2)12-16(18)15-9-8-13(3)11-14(15)4/h8-9,11,16,18H,5-7,10,12H2,1-4H3. The van der Waals surface area contributed by atoms with E-state index < -0.39 is 0 Å². The zero-order valence-corrected chi connectivity index (χ0v) is 12.2. The second-order valence-electron chi connectivity index (χ2n) is 5.12. The molecule has 1 N–H and O–H groups in total. The first-order chi connectivity index (χ1) is 8.58. The predicted octanol–water partition coefficient (Wildman–Crippen LogP) is 3.46. The van der Waals surface area contributed by atoms with E-state index in [2.05, 4.69) is 50.8 Å². The second-order valence-corrected chi connectivity index (χ2v) is 5.12. The number of nitrogens with zero attached hydrogens (tertiary/aromatic N) is 1. The molecule has 0 aliphatic heterocycles. The number of aliphatic hydroxyl groups is 1. The summed E-state index contributed by atoms with van der Waals surface area (Å²) in [5.74, 6) is 0. The molecule has 1 aromatic carbocycles. The van der Waals surface area contributed by atoms with E-state index in [1.165, 1.54) is 24.0 Å². The van der Waals surface area contributed by atoms with Gasteiger partial charge in [0.25, 0.3) is 0 Å². The highest BCUT2D eigenvalue weighted by atomic mass is 16.3. The SMILES string of the molecule is CCCCN(CC)CC(O)c1ccc(C)cc1C. The van der Waals surface area contributed by atoms with Crippen LogP contribution in [-0.4, -0.2) is 29.6 Å². The highest BCUT2D eigenvalue weighted by Crippen LogP contribution is 2.20. The fraction of sp³-hybridized carbons (Fsp3) is 0.625. The van der Waals surface area contributed by atoms with E-state index in [0.29, 0.717) is 0 Å². The summed E-state index contributed by atoms with van der Waals surface area (Å²) in [7, 11) is 0. The van der Waals surface area contributed by atoms with Gasteiger partial charge in [0.15, 0.2) is 0 Å². The van der Waals surface area contributed by atoms with E-state index in [4.69, 9.17) is 0 Å². The quantitative estimate of drug-likeness (QED) is 0.800. The molecule has 18 heavy (non-hydrogen) atoms. The van der Waals surface area contributed by atoms with Crippen molar-refractivity contribution < 1.29 is 5.11 Å². The first-order valence-corrected chi connectivity index (χ1v) is 7.06. The molecule has 102 valence electrons. The maximum atomic E-state index is 10.4. The predicted molar refractivity (Wildman–Crippen MR) is 77.9 cm³/mol. The summed E-state index contributed by atoms with van der Waals surface area (Å²) in [6, 6.07) is 6.28. The van der Waals surface area contributed by atoms with Crippen LogP contribution in [0.2, 0.25) is 0 Å². The summed E-state index contributed by atoms with van der Waals surface area (Å²) in [6.45, 7) is 11.3. The van der Waals surface area contributed by atoms with Gasteiger partial charge in [0, 0.05) is 6.54 Å². The third-order valence-corrected chi connectivity index (χ3v) is 3.49. The van der Waals surface area contributed by atoms with Gasteiger partial charge in [-0.1, -0.05) is 44.0 Å². The highest BCUT2D eigenvalue weighted by Gasteiger charge is 2.14. The fourth-order valence-electron chi connectivity index (χ4n) is 2.30. The van der Waals surface area contributed by atoms with Crippen molar-refractivity contribution in [2.75, 3.05) is 19.6 Å². The minimum atomic E-state index is -0.373. The van der Waals surface area contributed by atoms with Crippen LogP contribution in [0.15, 0.2) is 18.2 Å². The molecule has 0 heterocycles. The molecule has 0 aliphatic carbocycles. The number of aliphatic hydroxyl groups excluding tert-OH is 1. The number of benzene rings is 1. The molecule has 1 rings (SSSR count). The van der Waals surface area contributed by atoms with Gasteiger partial charge in [-0.15, -0.1) is 0 Å². The summed E-state index contributed by atoms with van der Waals surface area (Å²) in [5, 5.41) is 10.4. The van der Waals surface area contributed by atoms with Gasteiger partial charge in [0.1, 0.15) is 0 Å². The molecule has 0 fully saturated rings. The van der Waals surface area contributed by atoms with Crippen molar-refractivity contribution in [1.82, 2.24) is 4.90 Å². The van der Waals surface area contributed by atoms with Crippen LogP contribution in [0.5, 0.6) is 0 Å². The smallest absolute Gasteiger partial charge is 0.0919 e. The molecule has 0 saturated carbocycles. The maximum absolute atomic E-state index is 10.4. The van der Waals surface area contributed by atoms with Crippen LogP contribution < -0.4 is 0 Å². The van der Waals surface area contributed by atoms with Gasteiger partial charge in [-0.25, -0.2) is 0 Å². The van der Waals surface area contributed by atoms with Crippen LogP contribution in [-0.2, 0) is 0 Å². The van der Waals surface area contributed by atoms with Crippen molar-refractivity contribution in [2.45, 2.75) is 46.6 Å². The average Bonchev–Trinajstić information content (AvgIpc) is 2.34. The van der Waals surface area contributed by atoms with Gasteiger partial charge in [-0.2, -0.15) is 0 Å². The van der Waals surface area contributed by atoms with Crippen molar-refractivity contribution in [2.24, 2.45) is 0 Å². The molecule has 0 aliphatic rings. The molecule has 0 bridgehead atoms. The molecule has 0 amide bonds. The lowest BCUT2D eigenvalue weighted by Crippen LogP contribution is -2.29. The second kappa shape index (κ2) is 7.55. The van der Waals surface area contributed by atoms with E-state index >= 15 is 0 Å². The molecule has 1 aromatic rings.